The zero-order valence-electron chi connectivity index (χ0n) is 16.4. The molecule has 1 aromatic rings. The summed E-state index contributed by atoms with van der Waals surface area (Å²) < 4.78 is 3.25. The monoisotopic (exact) mass is 388 g/mol. The average Bonchev–Trinajstić information content (AvgIpc) is 2.66. The van der Waals surface area contributed by atoms with Crippen molar-refractivity contribution >= 4 is 29.4 Å². The van der Waals surface area contributed by atoms with Crippen LogP contribution in [0.4, 0.5) is 5.69 Å². The van der Waals surface area contributed by atoms with E-state index in [1.54, 1.807) is 0 Å². The quantitative estimate of drug-likeness (QED) is 0.388. The summed E-state index contributed by atoms with van der Waals surface area (Å²) in [5.74, 6) is -0.219. The Morgan fingerprint density at radius 2 is 1.96 bits per heavy atom. The minimum absolute atomic E-state index is 0.285. The standard InChI is InChI=1S/C18H24N4O2S.C2H4/c1-5-19-18-17(12(2)3)15(10-16(23)22(18)24)20-11-13-8-6-7-9-14(13)21-25-4;1-2/h6-10,20-21,24H,5,11H2,1-4H3;1-2H2. The van der Waals surface area contributed by atoms with Crippen molar-refractivity contribution in [2.24, 2.45) is 4.99 Å². The predicted molar refractivity (Wildman–Crippen MR) is 115 cm³/mol. The van der Waals surface area contributed by atoms with Gasteiger partial charge in [0.25, 0.3) is 5.91 Å². The lowest BCUT2D eigenvalue weighted by molar-refractivity contribution is -0.143. The lowest BCUT2D eigenvalue weighted by Crippen LogP contribution is -2.41. The molecule has 1 aliphatic rings. The van der Waals surface area contributed by atoms with Crippen LogP contribution in [0.2, 0.25) is 0 Å². The minimum atomic E-state index is -0.504. The molecule has 1 aromatic carbocycles. The number of aliphatic imine (C=N–C) groups is 1. The van der Waals surface area contributed by atoms with Gasteiger partial charge >= 0.3 is 0 Å². The number of allylic oxidation sites excluding steroid dienone is 1. The molecule has 0 bridgehead atoms. The summed E-state index contributed by atoms with van der Waals surface area (Å²) in [6, 6.07) is 7.99. The molecule has 7 heteroatoms. The fraction of sp³-hybridized carbons (Fsp3) is 0.300. The molecule has 0 fully saturated rings. The van der Waals surface area contributed by atoms with E-state index in [9.17, 15) is 10.0 Å². The number of nitrogens with zero attached hydrogens (tertiary/aromatic N) is 2. The van der Waals surface area contributed by atoms with Crippen LogP contribution in [-0.4, -0.2) is 34.8 Å². The molecule has 27 heavy (non-hydrogen) atoms. The van der Waals surface area contributed by atoms with Crippen LogP contribution < -0.4 is 10.0 Å². The largest absolute Gasteiger partial charge is 0.380 e. The smallest absolute Gasteiger partial charge is 0.278 e. The average molecular weight is 389 g/mol. The highest BCUT2D eigenvalue weighted by Crippen LogP contribution is 2.23. The molecule has 1 amide bonds. The highest BCUT2D eigenvalue weighted by atomic mass is 32.2. The van der Waals surface area contributed by atoms with Crippen LogP contribution in [0.25, 0.3) is 0 Å². The number of carbonyl (C=O) groups is 1. The topological polar surface area (TPSA) is 77.0 Å². The highest BCUT2D eigenvalue weighted by Gasteiger charge is 2.29. The van der Waals surface area contributed by atoms with Crippen molar-refractivity contribution in [1.82, 2.24) is 10.4 Å². The number of rotatable bonds is 6. The lowest BCUT2D eigenvalue weighted by Gasteiger charge is -2.27. The van der Waals surface area contributed by atoms with Crippen molar-refractivity contribution in [2.45, 2.75) is 27.3 Å². The van der Waals surface area contributed by atoms with Crippen LogP contribution in [0.3, 0.4) is 0 Å². The van der Waals surface area contributed by atoms with Crippen molar-refractivity contribution in [3.63, 3.8) is 0 Å². The first-order chi connectivity index (χ1) is 13.0. The van der Waals surface area contributed by atoms with Gasteiger partial charge in [-0.3, -0.25) is 15.0 Å². The normalized spacial score (nSPS) is 15.1. The van der Waals surface area contributed by atoms with Crippen LogP contribution >= 0.6 is 11.9 Å². The number of carbonyl (C=O) groups excluding carboxylic acids is 1. The zero-order valence-corrected chi connectivity index (χ0v) is 17.2. The summed E-state index contributed by atoms with van der Waals surface area (Å²) in [5.41, 5.74) is 4.49. The fourth-order valence-electron chi connectivity index (χ4n) is 2.59. The first kappa shape index (κ1) is 22.5. The number of nitrogens with one attached hydrogen (secondary N) is 2. The van der Waals surface area contributed by atoms with Crippen molar-refractivity contribution in [3.05, 3.63) is 65.9 Å². The third-order valence-electron chi connectivity index (χ3n) is 3.68. The minimum Gasteiger partial charge on any atom is -0.380 e. The van der Waals surface area contributed by atoms with Gasteiger partial charge in [-0.1, -0.05) is 35.7 Å². The Kier molecular flexibility index (Phi) is 9.39. The van der Waals surface area contributed by atoms with Gasteiger partial charge in [0.05, 0.1) is 5.70 Å². The van der Waals surface area contributed by atoms with Gasteiger partial charge in [-0.15, -0.1) is 13.2 Å². The van der Waals surface area contributed by atoms with Crippen LogP contribution in [-0.2, 0) is 11.3 Å². The van der Waals surface area contributed by atoms with E-state index in [1.165, 1.54) is 18.0 Å². The van der Waals surface area contributed by atoms with E-state index >= 15 is 0 Å². The molecule has 2 rings (SSSR count). The lowest BCUT2D eigenvalue weighted by atomic mass is 10.0. The van der Waals surface area contributed by atoms with Gasteiger partial charge in [-0.25, -0.2) is 0 Å². The second-order valence-electron chi connectivity index (χ2n) is 5.70. The molecule has 1 heterocycles. The Bertz CT molecular complexity index is 752. The van der Waals surface area contributed by atoms with Crippen LogP contribution in [0.15, 0.2) is 65.3 Å². The molecular weight excluding hydrogens is 360 g/mol. The molecule has 0 radical (unpaired) electrons. The molecule has 146 valence electrons. The second-order valence-corrected chi connectivity index (χ2v) is 6.31. The summed E-state index contributed by atoms with van der Waals surface area (Å²) in [4.78, 5) is 16.4. The summed E-state index contributed by atoms with van der Waals surface area (Å²) in [7, 11) is 0. The van der Waals surface area contributed by atoms with E-state index in [2.05, 4.69) is 28.2 Å². The molecule has 0 saturated heterocycles. The molecule has 6 nitrogen and oxygen atoms in total. The first-order valence-corrected chi connectivity index (χ1v) is 9.80. The van der Waals surface area contributed by atoms with E-state index in [0.717, 1.165) is 22.4 Å². The maximum absolute atomic E-state index is 12.1. The van der Waals surface area contributed by atoms with Gasteiger partial charge in [0.15, 0.2) is 5.84 Å². The van der Waals surface area contributed by atoms with Crippen molar-refractivity contribution < 1.29 is 10.0 Å². The number of hydrogen-bond donors (Lipinski definition) is 3. The van der Waals surface area contributed by atoms with Gasteiger partial charge in [0.1, 0.15) is 0 Å². The van der Waals surface area contributed by atoms with Crippen LogP contribution in [0.1, 0.15) is 26.3 Å². The Morgan fingerprint density at radius 1 is 1.30 bits per heavy atom. The van der Waals surface area contributed by atoms with Gasteiger partial charge < -0.3 is 10.0 Å². The Hall–Kier alpha value is -2.51. The number of amidine groups is 1. The number of para-hydroxylation sites is 1. The number of hydroxylamine groups is 2. The van der Waals surface area contributed by atoms with E-state index in [-0.39, 0.29) is 5.84 Å². The fourth-order valence-corrected chi connectivity index (χ4v) is 3.01. The SMILES string of the molecule is C=C.CCN=C1C(=C(C)C)C(NCc2ccccc2NSC)=CC(=O)N1O. The molecule has 0 aromatic heterocycles. The number of benzene rings is 1. The van der Waals surface area contributed by atoms with E-state index in [0.29, 0.717) is 23.8 Å². The van der Waals surface area contributed by atoms with E-state index in [1.807, 2.05) is 51.3 Å². The highest BCUT2D eigenvalue weighted by molar-refractivity contribution is 7.99. The number of amides is 1. The van der Waals surface area contributed by atoms with Crippen molar-refractivity contribution in [1.29, 1.82) is 0 Å². The van der Waals surface area contributed by atoms with E-state index in [4.69, 9.17) is 0 Å². The molecule has 0 atom stereocenters. The predicted octanol–water partition coefficient (Wildman–Crippen LogP) is 4.14. The van der Waals surface area contributed by atoms with Gasteiger partial charge in [0.2, 0.25) is 0 Å². The molecule has 0 unspecified atom stereocenters. The van der Waals surface area contributed by atoms with Gasteiger partial charge in [0, 0.05) is 36.7 Å². The Balaban J connectivity index is 0.00000176. The molecule has 0 spiro atoms. The number of hydrogen-bond acceptors (Lipinski definition) is 6. The maximum Gasteiger partial charge on any atom is 0.278 e. The third kappa shape index (κ3) is 5.74. The summed E-state index contributed by atoms with van der Waals surface area (Å²) >= 11 is 1.53. The second kappa shape index (κ2) is 11.3. The molecule has 3 N–H and O–H groups in total. The molecular formula is C20H28N4O2S. The van der Waals surface area contributed by atoms with Gasteiger partial charge in [-0.05, 0) is 32.4 Å². The zero-order chi connectivity index (χ0) is 20.4. The summed E-state index contributed by atoms with van der Waals surface area (Å²) in [5, 5.41) is 14.0. The van der Waals surface area contributed by atoms with Gasteiger partial charge in [-0.2, -0.15) is 5.06 Å². The molecule has 0 saturated carbocycles. The van der Waals surface area contributed by atoms with E-state index < -0.39 is 5.91 Å². The molecule has 1 aliphatic heterocycles. The number of anilines is 1. The van der Waals surface area contributed by atoms with Crippen molar-refractivity contribution in [3.8, 4) is 0 Å². The van der Waals surface area contributed by atoms with Crippen LogP contribution in [0, 0.1) is 0 Å². The summed E-state index contributed by atoms with van der Waals surface area (Å²) in [6.45, 7) is 12.8. The van der Waals surface area contributed by atoms with Crippen molar-refractivity contribution in [2.75, 3.05) is 17.5 Å². The first-order valence-electron chi connectivity index (χ1n) is 8.57. The third-order valence-corrected chi connectivity index (χ3v) is 4.10. The maximum atomic E-state index is 12.1. The Morgan fingerprint density at radius 3 is 2.56 bits per heavy atom. The Labute approximate surface area is 165 Å². The van der Waals surface area contributed by atoms with Crippen LogP contribution in [0.5, 0.6) is 0 Å². The summed E-state index contributed by atoms with van der Waals surface area (Å²) in [6.07, 6.45) is 3.37. The molecule has 0 aliphatic carbocycles.